The van der Waals surface area contributed by atoms with Crippen molar-refractivity contribution in [1.29, 1.82) is 0 Å². The highest BCUT2D eigenvalue weighted by molar-refractivity contribution is 6.76. The van der Waals surface area contributed by atoms with Gasteiger partial charge in [0.2, 0.25) is 0 Å². The molecule has 0 spiro atoms. The third-order valence-electron chi connectivity index (χ3n) is 7.19. The standard InChI is InChI=1S/C28H35Cl3N2O4Si/c1-7-14-23-22(19-36-38(5,6)26(2,3)4)33(25(35)32-24(34)28(29,30)31)27(37-23,20-15-10-8-11-16-20)21-17-12-9-13-18-21/h7-18,22-23H,19H2,1-6H3,(H,32,34,35)/b14-7+/t22-,23-/m0/s1. The van der Waals surface area contributed by atoms with E-state index in [2.05, 4.69) is 39.2 Å². The summed E-state index contributed by atoms with van der Waals surface area (Å²) >= 11 is 17.4. The Morgan fingerprint density at radius 2 is 1.53 bits per heavy atom. The monoisotopic (exact) mass is 596 g/mol. The number of hydrogen-bond acceptors (Lipinski definition) is 4. The van der Waals surface area contributed by atoms with Crippen LogP contribution in [0.2, 0.25) is 18.1 Å². The molecule has 38 heavy (non-hydrogen) atoms. The lowest BCUT2D eigenvalue weighted by molar-refractivity contribution is -0.119. The van der Waals surface area contributed by atoms with Crippen molar-refractivity contribution in [3.63, 3.8) is 0 Å². The summed E-state index contributed by atoms with van der Waals surface area (Å²) in [5.74, 6) is -1.05. The number of imide groups is 1. The summed E-state index contributed by atoms with van der Waals surface area (Å²) < 4.78 is 11.1. The number of nitrogens with zero attached hydrogens (tertiary/aromatic N) is 1. The molecule has 206 valence electrons. The van der Waals surface area contributed by atoms with Crippen molar-refractivity contribution in [2.75, 3.05) is 6.61 Å². The number of hydrogen-bond donors (Lipinski definition) is 1. The number of alkyl halides is 3. The fourth-order valence-corrected chi connectivity index (χ4v) is 5.34. The number of nitrogens with one attached hydrogen (secondary N) is 1. The molecule has 10 heteroatoms. The Hall–Kier alpha value is -1.87. The third-order valence-corrected chi connectivity index (χ3v) is 12.2. The highest BCUT2D eigenvalue weighted by atomic mass is 35.6. The van der Waals surface area contributed by atoms with Gasteiger partial charge in [-0.3, -0.25) is 15.0 Å². The predicted molar refractivity (Wildman–Crippen MR) is 156 cm³/mol. The zero-order chi connectivity index (χ0) is 28.4. The van der Waals surface area contributed by atoms with Crippen LogP contribution in [-0.4, -0.2) is 47.7 Å². The average Bonchev–Trinajstić information content (AvgIpc) is 3.18. The minimum Gasteiger partial charge on any atom is -0.415 e. The van der Waals surface area contributed by atoms with Crippen molar-refractivity contribution >= 4 is 55.1 Å². The van der Waals surface area contributed by atoms with Crippen LogP contribution in [0.1, 0.15) is 38.8 Å². The number of ether oxygens (including phenoxy) is 1. The Bertz CT molecular complexity index is 1110. The van der Waals surface area contributed by atoms with Gasteiger partial charge in [-0.15, -0.1) is 0 Å². The molecule has 1 fully saturated rings. The Balaban J connectivity index is 2.23. The second-order valence-electron chi connectivity index (χ2n) is 10.8. The molecule has 1 aliphatic rings. The van der Waals surface area contributed by atoms with E-state index in [0.717, 1.165) is 0 Å². The molecule has 2 aromatic carbocycles. The molecule has 1 N–H and O–H groups in total. The molecule has 0 aromatic heterocycles. The molecule has 3 amide bonds. The molecular weight excluding hydrogens is 563 g/mol. The van der Waals surface area contributed by atoms with Crippen LogP contribution in [0.25, 0.3) is 0 Å². The molecular formula is C28H35Cl3N2O4Si. The van der Waals surface area contributed by atoms with Crippen LogP contribution in [0.15, 0.2) is 72.8 Å². The van der Waals surface area contributed by atoms with Crippen molar-refractivity contribution in [1.82, 2.24) is 10.2 Å². The molecule has 0 radical (unpaired) electrons. The van der Waals surface area contributed by atoms with Gasteiger partial charge in [0.1, 0.15) is 6.10 Å². The van der Waals surface area contributed by atoms with Crippen molar-refractivity contribution < 1.29 is 18.8 Å². The Labute approximate surface area is 241 Å². The number of urea groups is 1. The van der Waals surface area contributed by atoms with Gasteiger partial charge in [0.15, 0.2) is 14.0 Å². The maximum atomic E-state index is 14.0. The maximum absolute atomic E-state index is 14.0. The highest BCUT2D eigenvalue weighted by Gasteiger charge is 2.57. The molecule has 2 atom stereocenters. The van der Waals surface area contributed by atoms with Gasteiger partial charge in [0.25, 0.3) is 9.70 Å². The number of carbonyl (C=O) groups is 2. The summed E-state index contributed by atoms with van der Waals surface area (Å²) in [6.45, 7) is 12.8. The van der Waals surface area contributed by atoms with E-state index in [0.29, 0.717) is 11.1 Å². The molecule has 0 saturated carbocycles. The molecule has 0 bridgehead atoms. The number of allylic oxidation sites excluding steroid dienone is 1. The van der Waals surface area contributed by atoms with Crippen molar-refractivity contribution in [3.05, 3.63) is 83.9 Å². The molecule has 1 saturated heterocycles. The molecule has 3 rings (SSSR count). The van der Waals surface area contributed by atoms with Gasteiger partial charge in [-0.2, -0.15) is 0 Å². The van der Waals surface area contributed by atoms with Crippen LogP contribution in [0.5, 0.6) is 0 Å². The Morgan fingerprint density at radius 1 is 1.03 bits per heavy atom. The second-order valence-corrected chi connectivity index (χ2v) is 17.8. The number of benzene rings is 2. The lowest BCUT2D eigenvalue weighted by Gasteiger charge is -2.41. The SMILES string of the molecule is C/C=C/[C@@H]1OC(c2ccccc2)(c2ccccc2)N(C(=O)NC(=O)C(Cl)(Cl)Cl)[C@H]1CO[Si](C)(C)C(C)(C)C. The summed E-state index contributed by atoms with van der Waals surface area (Å²) in [4.78, 5) is 28.2. The van der Waals surface area contributed by atoms with Crippen LogP contribution >= 0.6 is 34.8 Å². The van der Waals surface area contributed by atoms with Gasteiger partial charge >= 0.3 is 6.03 Å². The average molecular weight is 598 g/mol. The molecule has 6 nitrogen and oxygen atoms in total. The Kier molecular flexibility index (Phi) is 9.44. The smallest absolute Gasteiger partial charge is 0.327 e. The first-order chi connectivity index (χ1) is 17.6. The molecule has 1 aliphatic heterocycles. The fourth-order valence-electron chi connectivity index (χ4n) is 4.18. The van der Waals surface area contributed by atoms with E-state index >= 15 is 0 Å². The minimum atomic E-state index is -2.33. The number of amides is 3. The van der Waals surface area contributed by atoms with Gasteiger partial charge in [-0.05, 0) is 25.1 Å². The highest BCUT2D eigenvalue weighted by Crippen LogP contribution is 2.47. The van der Waals surface area contributed by atoms with Crippen molar-refractivity contribution in [2.24, 2.45) is 0 Å². The van der Waals surface area contributed by atoms with E-state index in [1.54, 1.807) is 0 Å². The van der Waals surface area contributed by atoms with Crippen LogP contribution in [0.4, 0.5) is 4.79 Å². The van der Waals surface area contributed by atoms with Gasteiger partial charge in [-0.1, -0.05) is 128 Å². The van der Waals surface area contributed by atoms with Crippen LogP contribution in [0, 0.1) is 0 Å². The number of carbonyl (C=O) groups excluding carboxylic acids is 2. The van der Waals surface area contributed by atoms with Crippen molar-refractivity contribution in [2.45, 2.75) is 67.5 Å². The number of halogens is 3. The zero-order valence-corrected chi connectivity index (χ0v) is 25.8. The van der Waals surface area contributed by atoms with Crippen molar-refractivity contribution in [3.8, 4) is 0 Å². The van der Waals surface area contributed by atoms with Gasteiger partial charge < -0.3 is 9.16 Å². The summed E-state index contributed by atoms with van der Waals surface area (Å²) in [6, 6.07) is 17.4. The lowest BCUT2D eigenvalue weighted by Crippen LogP contribution is -2.58. The van der Waals surface area contributed by atoms with Gasteiger partial charge in [0.05, 0.1) is 12.6 Å². The van der Waals surface area contributed by atoms with E-state index in [9.17, 15) is 9.59 Å². The minimum absolute atomic E-state index is 0.0585. The molecule has 1 heterocycles. The molecule has 0 aliphatic carbocycles. The first-order valence-corrected chi connectivity index (χ1v) is 16.5. The summed E-state index contributed by atoms with van der Waals surface area (Å²) in [5, 5.41) is 2.22. The second kappa shape index (κ2) is 11.7. The van der Waals surface area contributed by atoms with Crippen LogP contribution < -0.4 is 5.32 Å². The quantitative estimate of drug-likeness (QED) is 0.218. The normalized spacial score (nSPS) is 20.1. The number of rotatable bonds is 6. The summed E-state index contributed by atoms with van der Waals surface area (Å²) in [6.07, 6.45) is 3.21. The third kappa shape index (κ3) is 6.30. The first-order valence-electron chi connectivity index (χ1n) is 12.4. The van der Waals surface area contributed by atoms with Gasteiger partial charge in [0, 0.05) is 11.1 Å². The van der Waals surface area contributed by atoms with Crippen LogP contribution in [-0.2, 0) is 19.7 Å². The molecule has 2 aromatic rings. The van der Waals surface area contributed by atoms with E-state index in [1.165, 1.54) is 4.90 Å². The van der Waals surface area contributed by atoms with Gasteiger partial charge in [-0.25, -0.2) is 4.79 Å². The predicted octanol–water partition coefficient (Wildman–Crippen LogP) is 7.16. The fraction of sp³-hybridized carbons (Fsp3) is 0.429. The van der Waals surface area contributed by atoms with Crippen LogP contribution in [0.3, 0.4) is 0 Å². The van der Waals surface area contributed by atoms with E-state index < -0.39 is 41.9 Å². The maximum Gasteiger partial charge on any atom is 0.327 e. The summed E-state index contributed by atoms with van der Waals surface area (Å²) in [7, 11) is -2.22. The topological polar surface area (TPSA) is 67.9 Å². The summed E-state index contributed by atoms with van der Waals surface area (Å²) in [5.41, 5.74) is 0.00516. The lowest BCUT2D eigenvalue weighted by atomic mass is 9.92. The van der Waals surface area contributed by atoms with E-state index in [-0.39, 0.29) is 11.6 Å². The first kappa shape index (κ1) is 30.7. The Morgan fingerprint density at radius 3 is 1.95 bits per heavy atom. The zero-order valence-electron chi connectivity index (χ0n) is 22.5. The van der Waals surface area contributed by atoms with E-state index in [4.69, 9.17) is 44.0 Å². The molecule has 0 unspecified atom stereocenters. The largest absolute Gasteiger partial charge is 0.415 e. The van der Waals surface area contributed by atoms with E-state index in [1.807, 2.05) is 79.7 Å².